The maximum Gasteiger partial charge on any atom is 0.335 e. The minimum atomic E-state index is -0.974. The van der Waals surface area contributed by atoms with Crippen LogP contribution in [0.4, 0.5) is 0 Å². The Hall–Kier alpha value is -3.19. The van der Waals surface area contributed by atoms with E-state index in [0.717, 1.165) is 29.7 Å². The summed E-state index contributed by atoms with van der Waals surface area (Å²) in [4.78, 5) is 15.6. The summed E-state index contributed by atoms with van der Waals surface area (Å²) in [6.45, 7) is 5.06. The fraction of sp³-hybridized carbons (Fsp3) is 0.400. The van der Waals surface area contributed by atoms with E-state index in [1.165, 1.54) is 31.4 Å². The fourth-order valence-electron chi connectivity index (χ4n) is 4.27. The zero-order chi connectivity index (χ0) is 22.6. The van der Waals surface area contributed by atoms with Gasteiger partial charge in [0.15, 0.2) is 6.79 Å². The highest BCUT2D eigenvalue weighted by atomic mass is 16.7. The van der Waals surface area contributed by atoms with Crippen LogP contribution in [0, 0.1) is 0 Å². The van der Waals surface area contributed by atoms with Crippen molar-refractivity contribution in [2.45, 2.75) is 51.4 Å². The SMILES string of the molecule is CCOCOc1ccc(-c2noc(-c3ccc(C(=O)O)cc3)n2)cc1C1(C)CCCCC1. The Kier molecular flexibility index (Phi) is 6.55. The molecule has 0 saturated heterocycles. The van der Waals surface area contributed by atoms with Crippen molar-refractivity contribution in [1.29, 1.82) is 0 Å². The van der Waals surface area contributed by atoms with Crippen molar-refractivity contribution in [3.63, 3.8) is 0 Å². The van der Waals surface area contributed by atoms with E-state index in [-0.39, 0.29) is 17.8 Å². The highest BCUT2D eigenvalue weighted by molar-refractivity contribution is 5.88. The normalized spacial score (nSPS) is 15.4. The lowest BCUT2D eigenvalue weighted by molar-refractivity contribution is 0.0209. The van der Waals surface area contributed by atoms with E-state index in [9.17, 15) is 4.79 Å². The molecule has 7 heteroatoms. The van der Waals surface area contributed by atoms with Crippen molar-refractivity contribution < 1.29 is 23.9 Å². The maximum atomic E-state index is 11.1. The first-order chi connectivity index (χ1) is 15.5. The van der Waals surface area contributed by atoms with Crippen molar-refractivity contribution in [3.8, 4) is 28.6 Å². The molecule has 1 aromatic heterocycles. The molecule has 0 amide bonds. The number of hydrogen-bond acceptors (Lipinski definition) is 6. The lowest BCUT2D eigenvalue weighted by atomic mass is 9.70. The molecule has 168 valence electrons. The topological polar surface area (TPSA) is 94.7 Å². The van der Waals surface area contributed by atoms with Crippen molar-refractivity contribution in [2.24, 2.45) is 0 Å². The molecule has 0 atom stereocenters. The molecule has 1 heterocycles. The predicted molar refractivity (Wildman–Crippen MR) is 120 cm³/mol. The highest BCUT2D eigenvalue weighted by Gasteiger charge is 2.32. The third kappa shape index (κ3) is 4.67. The first-order valence-electron chi connectivity index (χ1n) is 11.0. The number of benzene rings is 2. The minimum Gasteiger partial charge on any atom is -0.478 e. The van der Waals surface area contributed by atoms with Crippen molar-refractivity contribution in [1.82, 2.24) is 10.1 Å². The third-order valence-electron chi connectivity index (χ3n) is 6.15. The quantitative estimate of drug-likeness (QED) is 0.358. The predicted octanol–water partition coefficient (Wildman–Crippen LogP) is 5.70. The van der Waals surface area contributed by atoms with Crippen LogP contribution in [0.25, 0.3) is 22.8 Å². The molecule has 1 saturated carbocycles. The van der Waals surface area contributed by atoms with Gasteiger partial charge in [0, 0.05) is 23.3 Å². The second-order valence-corrected chi connectivity index (χ2v) is 8.39. The van der Waals surface area contributed by atoms with E-state index >= 15 is 0 Å². The summed E-state index contributed by atoms with van der Waals surface area (Å²) in [6, 6.07) is 12.4. The molecule has 1 fully saturated rings. The van der Waals surface area contributed by atoms with Crippen molar-refractivity contribution >= 4 is 5.97 Å². The van der Waals surface area contributed by atoms with Crippen LogP contribution in [0.2, 0.25) is 0 Å². The van der Waals surface area contributed by atoms with Gasteiger partial charge in [0.2, 0.25) is 5.82 Å². The number of aromatic carboxylic acids is 1. The molecular weight excluding hydrogens is 408 g/mol. The minimum absolute atomic E-state index is 0.0229. The van der Waals surface area contributed by atoms with Crippen LogP contribution in [-0.2, 0) is 10.2 Å². The number of rotatable bonds is 8. The number of aromatic nitrogens is 2. The molecule has 7 nitrogen and oxygen atoms in total. The van der Waals surface area contributed by atoms with E-state index in [0.29, 0.717) is 23.9 Å². The van der Waals surface area contributed by atoms with Gasteiger partial charge in [-0.25, -0.2) is 4.79 Å². The molecule has 2 aromatic carbocycles. The van der Waals surface area contributed by atoms with E-state index in [1.807, 2.05) is 19.1 Å². The summed E-state index contributed by atoms with van der Waals surface area (Å²) in [5.41, 5.74) is 2.90. The summed E-state index contributed by atoms with van der Waals surface area (Å²) >= 11 is 0. The van der Waals surface area contributed by atoms with Crippen molar-refractivity contribution in [2.75, 3.05) is 13.4 Å². The molecule has 1 aliphatic rings. The van der Waals surface area contributed by atoms with E-state index in [1.54, 1.807) is 12.1 Å². The lowest BCUT2D eigenvalue weighted by Gasteiger charge is -2.35. The van der Waals surface area contributed by atoms with E-state index in [4.69, 9.17) is 19.1 Å². The average molecular weight is 437 g/mol. The van der Waals surface area contributed by atoms with Gasteiger partial charge < -0.3 is 19.1 Å². The summed E-state index contributed by atoms with van der Waals surface area (Å²) in [5.74, 6) is 0.691. The molecule has 0 spiro atoms. The Balaban J connectivity index is 1.65. The van der Waals surface area contributed by atoms with Gasteiger partial charge in [-0.15, -0.1) is 0 Å². The lowest BCUT2D eigenvalue weighted by Crippen LogP contribution is -2.26. The zero-order valence-electron chi connectivity index (χ0n) is 18.5. The summed E-state index contributed by atoms with van der Waals surface area (Å²) in [7, 11) is 0. The number of carbonyl (C=O) groups is 1. The number of ether oxygens (including phenoxy) is 2. The number of carboxylic acid groups (broad SMARTS) is 1. The molecule has 32 heavy (non-hydrogen) atoms. The van der Waals surface area contributed by atoms with Gasteiger partial charge in [-0.3, -0.25) is 0 Å². The standard InChI is InChI=1S/C25H28N2O5/c1-3-30-16-31-21-12-11-19(15-20(21)25(2)13-5-4-6-14-25)22-26-23(32-27-22)17-7-9-18(10-8-17)24(28)29/h7-12,15H,3-6,13-14,16H2,1-2H3,(H,28,29). The summed E-state index contributed by atoms with van der Waals surface area (Å²) in [6.07, 6.45) is 5.87. The molecule has 0 radical (unpaired) electrons. The van der Waals surface area contributed by atoms with Crippen LogP contribution in [0.15, 0.2) is 47.0 Å². The second kappa shape index (κ2) is 9.53. The van der Waals surface area contributed by atoms with Crippen LogP contribution in [0.1, 0.15) is 61.9 Å². The average Bonchev–Trinajstić information content (AvgIpc) is 3.30. The number of carboxylic acids is 1. The molecule has 1 N–H and O–H groups in total. The number of nitrogens with zero attached hydrogens (tertiary/aromatic N) is 2. The van der Waals surface area contributed by atoms with Gasteiger partial charge in [-0.05, 0) is 67.6 Å². The Labute approximate surface area is 187 Å². The molecule has 1 aliphatic carbocycles. The van der Waals surface area contributed by atoms with Gasteiger partial charge >= 0.3 is 5.97 Å². The fourth-order valence-corrected chi connectivity index (χ4v) is 4.27. The first-order valence-corrected chi connectivity index (χ1v) is 11.0. The van der Waals surface area contributed by atoms with Crippen LogP contribution in [0.5, 0.6) is 5.75 Å². The summed E-state index contributed by atoms with van der Waals surface area (Å²) in [5, 5.41) is 13.2. The van der Waals surface area contributed by atoms with Crippen LogP contribution < -0.4 is 4.74 Å². The molecule has 4 rings (SSSR count). The molecule has 0 aliphatic heterocycles. The molecular formula is C25H28N2O5. The first kappa shape index (κ1) is 22.0. The van der Waals surface area contributed by atoms with Crippen LogP contribution in [0.3, 0.4) is 0 Å². The Bertz CT molecular complexity index is 1070. The van der Waals surface area contributed by atoms with Gasteiger partial charge in [-0.2, -0.15) is 4.98 Å². The Morgan fingerprint density at radius 1 is 1.09 bits per heavy atom. The maximum absolute atomic E-state index is 11.1. The van der Waals surface area contributed by atoms with Gasteiger partial charge in [0.25, 0.3) is 5.89 Å². The summed E-state index contributed by atoms with van der Waals surface area (Å²) < 4.78 is 16.8. The van der Waals surface area contributed by atoms with Gasteiger partial charge in [-0.1, -0.05) is 31.3 Å². The zero-order valence-corrected chi connectivity index (χ0v) is 18.5. The smallest absolute Gasteiger partial charge is 0.335 e. The van der Waals surface area contributed by atoms with Crippen LogP contribution in [-0.4, -0.2) is 34.6 Å². The highest BCUT2D eigenvalue weighted by Crippen LogP contribution is 2.44. The van der Waals surface area contributed by atoms with Gasteiger partial charge in [0.05, 0.1) is 5.56 Å². The molecule has 3 aromatic rings. The molecule has 0 bridgehead atoms. The number of hydrogen-bond donors (Lipinski definition) is 1. The largest absolute Gasteiger partial charge is 0.478 e. The van der Waals surface area contributed by atoms with Crippen molar-refractivity contribution in [3.05, 3.63) is 53.6 Å². The van der Waals surface area contributed by atoms with E-state index in [2.05, 4.69) is 23.1 Å². The second-order valence-electron chi connectivity index (χ2n) is 8.39. The monoisotopic (exact) mass is 436 g/mol. The Morgan fingerprint density at radius 2 is 1.81 bits per heavy atom. The van der Waals surface area contributed by atoms with Crippen LogP contribution >= 0.6 is 0 Å². The third-order valence-corrected chi connectivity index (χ3v) is 6.15. The Morgan fingerprint density at radius 3 is 2.50 bits per heavy atom. The molecule has 0 unspecified atom stereocenters. The van der Waals surface area contributed by atoms with E-state index < -0.39 is 5.97 Å². The van der Waals surface area contributed by atoms with Gasteiger partial charge in [0.1, 0.15) is 5.75 Å².